The number of nitrogens with zero attached hydrogens (tertiary/aromatic N) is 2. The van der Waals surface area contributed by atoms with E-state index < -0.39 is 11.9 Å². The van der Waals surface area contributed by atoms with E-state index >= 15 is 0 Å². The highest BCUT2D eigenvalue weighted by atomic mass is 16.5. The molecule has 0 N–H and O–H groups in total. The topological polar surface area (TPSA) is 70.4 Å². The van der Waals surface area contributed by atoms with E-state index in [1.54, 1.807) is 24.7 Å². The Kier molecular flexibility index (Phi) is 7.33. The summed E-state index contributed by atoms with van der Waals surface area (Å²) < 4.78 is 11.8. The maximum Gasteiger partial charge on any atom is 0.331 e. The van der Waals surface area contributed by atoms with Gasteiger partial charge in [0.2, 0.25) is 0 Å². The van der Waals surface area contributed by atoms with E-state index in [9.17, 15) is 9.59 Å². The van der Waals surface area contributed by atoms with Crippen molar-refractivity contribution in [3.8, 4) is 0 Å². The second-order valence-corrected chi connectivity index (χ2v) is 6.52. The molecule has 0 amide bonds. The van der Waals surface area contributed by atoms with Gasteiger partial charge in [-0.1, -0.05) is 48.5 Å². The molecule has 6 nitrogen and oxygen atoms in total. The first-order chi connectivity index (χ1) is 14.6. The van der Waals surface area contributed by atoms with Gasteiger partial charge in [-0.05, 0) is 34.4 Å². The number of ether oxygens (including phenoxy) is 2. The summed E-state index contributed by atoms with van der Waals surface area (Å²) >= 11 is 0. The van der Waals surface area contributed by atoms with Crippen LogP contribution in [0.1, 0.15) is 22.3 Å². The summed E-state index contributed by atoms with van der Waals surface area (Å²) in [4.78, 5) is 27.1. The molecule has 0 bridgehead atoms. The molecule has 0 unspecified atom stereocenters. The quantitative estimate of drug-likeness (QED) is 0.423. The zero-order valence-electron chi connectivity index (χ0n) is 16.6. The second-order valence-electron chi connectivity index (χ2n) is 6.52. The number of hydrogen-bond acceptors (Lipinski definition) is 5. The molecule has 0 aliphatic rings. The van der Waals surface area contributed by atoms with E-state index in [1.807, 2.05) is 59.3 Å². The minimum absolute atomic E-state index is 0.175. The fraction of sp³-hybridized carbons (Fsp3) is 0.125. The van der Waals surface area contributed by atoms with Crippen LogP contribution < -0.4 is 0 Å². The van der Waals surface area contributed by atoms with Crippen LogP contribution in [-0.4, -0.2) is 28.6 Å². The fourth-order valence-corrected chi connectivity index (χ4v) is 2.65. The van der Waals surface area contributed by atoms with Gasteiger partial charge in [0.1, 0.15) is 6.61 Å². The minimum Gasteiger partial charge on any atom is -0.466 e. The lowest BCUT2D eigenvalue weighted by atomic mass is 10.1. The van der Waals surface area contributed by atoms with Gasteiger partial charge in [-0.3, -0.25) is 0 Å². The Morgan fingerprint density at radius 3 is 2.07 bits per heavy atom. The van der Waals surface area contributed by atoms with Crippen LogP contribution in [-0.2, 0) is 32.2 Å². The van der Waals surface area contributed by atoms with E-state index in [0.29, 0.717) is 0 Å². The number of hydrogen-bond donors (Lipinski definition) is 0. The predicted molar refractivity (Wildman–Crippen MR) is 114 cm³/mol. The van der Waals surface area contributed by atoms with Crippen LogP contribution in [0, 0.1) is 0 Å². The predicted octanol–water partition coefficient (Wildman–Crippen LogP) is 3.87. The molecule has 0 saturated heterocycles. The molecule has 0 spiro atoms. The maximum absolute atomic E-state index is 12.0. The Balaban J connectivity index is 1.46. The van der Waals surface area contributed by atoms with Gasteiger partial charge in [-0.25, -0.2) is 14.6 Å². The third-order valence-corrected chi connectivity index (χ3v) is 4.29. The Morgan fingerprint density at radius 2 is 1.50 bits per heavy atom. The molecular formula is C24H22N2O4. The highest BCUT2D eigenvalue weighted by Gasteiger charge is 2.00. The molecule has 0 aliphatic carbocycles. The third kappa shape index (κ3) is 6.60. The molecule has 1 aromatic heterocycles. The lowest BCUT2D eigenvalue weighted by Gasteiger charge is -2.04. The van der Waals surface area contributed by atoms with Crippen molar-refractivity contribution in [2.24, 2.45) is 0 Å². The SMILES string of the molecule is COC(=O)/C=C/c1ccc(COC(=O)/C=C/c2ccc(Cn3ccnc3)cc2)cc1. The molecule has 152 valence electrons. The van der Waals surface area contributed by atoms with Crippen molar-refractivity contribution in [3.05, 3.63) is 102 Å². The summed E-state index contributed by atoms with van der Waals surface area (Å²) in [6.07, 6.45) is 11.6. The highest BCUT2D eigenvalue weighted by molar-refractivity contribution is 5.87. The van der Waals surface area contributed by atoms with Crippen molar-refractivity contribution < 1.29 is 19.1 Å². The van der Waals surface area contributed by atoms with E-state index in [0.717, 1.165) is 28.8 Å². The molecule has 2 aromatic carbocycles. The van der Waals surface area contributed by atoms with Crippen molar-refractivity contribution in [2.45, 2.75) is 13.2 Å². The molecular weight excluding hydrogens is 380 g/mol. The van der Waals surface area contributed by atoms with Crippen LogP contribution >= 0.6 is 0 Å². The number of carbonyl (C=O) groups is 2. The van der Waals surface area contributed by atoms with E-state index in [1.165, 1.54) is 19.3 Å². The maximum atomic E-state index is 12.0. The average molecular weight is 402 g/mol. The van der Waals surface area contributed by atoms with Crippen molar-refractivity contribution in [1.29, 1.82) is 0 Å². The standard InChI is InChI=1S/C24H22N2O4/c1-29-23(27)12-10-20-4-8-22(9-5-20)17-30-24(28)13-11-19-2-6-21(7-3-19)16-26-15-14-25-18-26/h2-15,18H,16-17H2,1H3/b12-10+,13-11+. The number of esters is 2. The van der Waals surface area contributed by atoms with E-state index in [4.69, 9.17) is 4.74 Å². The molecule has 1 heterocycles. The molecule has 6 heteroatoms. The molecule has 3 aromatic rings. The Morgan fingerprint density at radius 1 is 0.900 bits per heavy atom. The molecule has 30 heavy (non-hydrogen) atoms. The zero-order valence-corrected chi connectivity index (χ0v) is 16.6. The minimum atomic E-state index is -0.410. The van der Waals surface area contributed by atoms with Crippen LogP contribution in [0.3, 0.4) is 0 Å². The Bertz CT molecular complexity index is 1020. The normalized spacial score (nSPS) is 11.1. The number of carbonyl (C=O) groups excluding carboxylic acids is 2. The second kappa shape index (κ2) is 10.6. The van der Waals surface area contributed by atoms with E-state index in [-0.39, 0.29) is 6.61 Å². The summed E-state index contributed by atoms with van der Waals surface area (Å²) in [7, 11) is 1.33. The fourth-order valence-electron chi connectivity index (χ4n) is 2.65. The summed E-state index contributed by atoms with van der Waals surface area (Å²) in [6.45, 7) is 0.928. The highest BCUT2D eigenvalue weighted by Crippen LogP contribution is 2.10. The number of methoxy groups -OCH3 is 1. The first kappa shape index (κ1) is 20.8. The third-order valence-electron chi connectivity index (χ3n) is 4.29. The van der Waals surface area contributed by atoms with E-state index in [2.05, 4.69) is 9.72 Å². The number of rotatable bonds is 8. The summed E-state index contributed by atoms with van der Waals surface area (Å²) in [6, 6.07) is 15.3. The van der Waals surface area contributed by atoms with Gasteiger partial charge in [0.15, 0.2) is 0 Å². The van der Waals surface area contributed by atoms with Gasteiger partial charge in [0, 0.05) is 31.1 Å². The molecule has 0 atom stereocenters. The van der Waals surface area contributed by atoms with Gasteiger partial charge >= 0.3 is 11.9 Å². The van der Waals surface area contributed by atoms with Crippen molar-refractivity contribution in [3.63, 3.8) is 0 Å². The first-order valence-corrected chi connectivity index (χ1v) is 9.37. The van der Waals surface area contributed by atoms with Crippen LogP contribution in [0.15, 0.2) is 79.4 Å². The van der Waals surface area contributed by atoms with Crippen molar-refractivity contribution >= 4 is 24.1 Å². The molecule has 0 radical (unpaired) electrons. The molecule has 0 aliphatic heterocycles. The first-order valence-electron chi connectivity index (χ1n) is 9.37. The van der Waals surface area contributed by atoms with Crippen molar-refractivity contribution in [2.75, 3.05) is 7.11 Å². The molecule has 3 rings (SSSR count). The van der Waals surface area contributed by atoms with Gasteiger partial charge in [-0.2, -0.15) is 0 Å². The van der Waals surface area contributed by atoms with Crippen LogP contribution in [0.25, 0.3) is 12.2 Å². The summed E-state index contributed by atoms with van der Waals surface area (Å²) in [5.41, 5.74) is 3.78. The molecule has 0 saturated carbocycles. The lowest BCUT2D eigenvalue weighted by Crippen LogP contribution is -2.00. The number of benzene rings is 2. The van der Waals surface area contributed by atoms with Gasteiger partial charge < -0.3 is 14.0 Å². The van der Waals surface area contributed by atoms with Gasteiger partial charge in [-0.15, -0.1) is 0 Å². The Labute approximate surface area is 175 Å². The largest absolute Gasteiger partial charge is 0.466 e. The van der Waals surface area contributed by atoms with Crippen molar-refractivity contribution in [1.82, 2.24) is 9.55 Å². The van der Waals surface area contributed by atoms with Crippen LogP contribution in [0.2, 0.25) is 0 Å². The summed E-state index contributed by atoms with van der Waals surface area (Å²) in [5.74, 6) is -0.820. The smallest absolute Gasteiger partial charge is 0.331 e. The summed E-state index contributed by atoms with van der Waals surface area (Å²) in [5, 5.41) is 0. The zero-order chi connectivity index (χ0) is 21.2. The monoisotopic (exact) mass is 402 g/mol. The number of aromatic nitrogens is 2. The van der Waals surface area contributed by atoms with Gasteiger partial charge in [0.05, 0.1) is 13.4 Å². The van der Waals surface area contributed by atoms with Crippen LogP contribution in [0.5, 0.6) is 0 Å². The Hall–Kier alpha value is -3.93. The van der Waals surface area contributed by atoms with Crippen LogP contribution in [0.4, 0.5) is 0 Å². The number of imidazole rings is 1. The average Bonchev–Trinajstić information content (AvgIpc) is 3.29. The van der Waals surface area contributed by atoms with Gasteiger partial charge in [0.25, 0.3) is 0 Å². The molecule has 0 fully saturated rings. The lowest BCUT2D eigenvalue weighted by molar-refractivity contribution is -0.139.